The van der Waals surface area contributed by atoms with Crippen LogP contribution in [0.1, 0.15) is 22.3 Å². The Bertz CT molecular complexity index is 3880. The molecule has 0 amide bonds. The average Bonchev–Trinajstić information content (AvgIpc) is 3.88. The van der Waals surface area contributed by atoms with E-state index < -0.39 is 5.41 Å². The molecule has 1 heteroatoms. The normalized spacial score (nSPS) is 12.8. The summed E-state index contributed by atoms with van der Waals surface area (Å²) in [6, 6.07) is 97.0. The van der Waals surface area contributed by atoms with Gasteiger partial charge in [0.05, 0.1) is 11.1 Å². The highest BCUT2D eigenvalue weighted by molar-refractivity contribution is 6.26. The molecule has 316 valence electrons. The third-order valence-electron chi connectivity index (χ3n) is 14.9. The summed E-state index contributed by atoms with van der Waals surface area (Å²) < 4.78 is 0. The molecular formula is C67H43N. The highest BCUT2D eigenvalue weighted by Crippen LogP contribution is 2.64. The van der Waals surface area contributed by atoms with Crippen LogP contribution in [0.2, 0.25) is 0 Å². The molecule has 1 nitrogen and oxygen atoms in total. The number of nitrogens with zero attached hydrogens (tertiary/aromatic N) is 1. The lowest BCUT2D eigenvalue weighted by Crippen LogP contribution is -2.26. The van der Waals surface area contributed by atoms with Gasteiger partial charge in [0, 0.05) is 16.9 Å². The Morgan fingerprint density at radius 2 is 0.603 bits per heavy atom. The summed E-state index contributed by atoms with van der Waals surface area (Å²) in [5.74, 6) is 0. The number of rotatable bonds is 6. The minimum atomic E-state index is -0.502. The van der Waals surface area contributed by atoms with Crippen molar-refractivity contribution in [2.75, 3.05) is 4.90 Å². The Hall–Kier alpha value is -8.78. The smallest absolute Gasteiger partial charge is 0.0726 e. The third-order valence-corrected chi connectivity index (χ3v) is 14.9. The van der Waals surface area contributed by atoms with E-state index in [0.29, 0.717) is 0 Å². The molecular weight excluding hydrogens is 819 g/mol. The van der Waals surface area contributed by atoms with Crippen molar-refractivity contribution in [1.82, 2.24) is 0 Å². The van der Waals surface area contributed by atoms with Crippen molar-refractivity contribution in [2.45, 2.75) is 5.41 Å². The van der Waals surface area contributed by atoms with Gasteiger partial charge in [-0.3, -0.25) is 0 Å². The topological polar surface area (TPSA) is 3.24 Å². The zero-order valence-corrected chi connectivity index (χ0v) is 37.3. The average molecular weight is 862 g/mol. The predicted molar refractivity (Wildman–Crippen MR) is 286 cm³/mol. The van der Waals surface area contributed by atoms with Crippen molar-refractivity contribution in [3.63, 3.8) is 0 Å². The molecule has 0 radical (unpaired) electrons. The van der Waals surface area contributed by atoms with Crippen LogP contribution in [0.5, 0.6) is 0 Å². The first-order chi connectivity index (χ1) is 33.8. The lowest BCUT2D eigenvalue weighted by atomic mass is 9.70. The van der Waals surface area contributed by atoms with Gasteiger partial charge in [-0.1, -0.05) is 224 Å². The van der Waals surface area contributed by atoms with Crippen LogP contribution >= 0.6 is 0 Å². The molecule has 0 aromatic heterocycles. The van der Waals surface area contributed by atoms with Crippen LogP contribution in [0.3, 0.4) is 0 Å². The molecule has 0 N–H and O–H groups in total. The molecule has 0 heterocycles. The Kier molecular flexibility index (Phi) is 8.57. The van der Waals surface area contributed by atoms with Crippen LogP contribution in [0.4, 0.5) is 17.1 Å². The molecule has 2 aliphatic carbocycles. The predicted octanol–water partition coefficient (Wildman–Crippen LogP) is 18.0. The Morgan fingerprint density at radius 1 is 0.221 bits per heavy atom. The van der Waals surface area contributed by atoms with Gasteiger partial charge in [0.25, 0.3) is 0 Å². The molecule has 0 unspecified atom stereocenters. The molecule has 12 aromatic rings. The Balaban J connectivity index is 1.07. The fourth-order valence-corrected chi connectivity index (χ4v) is 12.0. The SMILES string of the molecule is c1ccc(-c2ccccc2-c2ccc(N(c3ccc4c5ccccc5c5ccccc5c4c3)c3cc4c(cc3-c3ccccc3)-c3ccccc3C43c4ccccc4-c4ccccc43)cc2)cc1. The first kappa shape index (κ1) is 38.5. The number of anilines is 3. The molecule has 0 saturated carbocycles. The number of hydrogen-bond acceptors (Lipinski definition) is 1. The molecule has 14 rings (SSSR count). The van der Waals surface area contributed by atoms with E-state index in [0.717, 1.165) is 17.1 Å². The van der Waals surface area contributed by atoms with Gasteiger partial charge in [0.2, 0.25) is 0 Å². The summed E-state index contributed by atoms with van der Waals surface area (Å²) in [6.45, 7) is 0. The molecule has 0 fully saturated rings. The summed E-state index contributed by atoms with van der Waals surface area (Å²) in [5.41, 5.74) is 20.5. The third kappa shape index (κ3) is 5.57. The van der Waals surface area contributed by atoms with Crippen molar-refractivity contribution in [3.8, 4) is 55.6 Å². The fraction of sp³-hybridized carbons (Fsp3) is 0.0149. The van der Waals surface area contributed by atoms with E-state index >= 15 is 0 Å². The second kappa shape index (κ2) is 15.1. The van der Waals surface area contributed by atoms with Crippen molar-refractivity contribution in [2.24, 2.45) is 0 Å². The lowest BCUT2D eigenvalue weighted by molar-refractivity contribution is 0.794. The maximum Gasteiger partial charge on any atom is 0.0726 e. The van der Waals surface area contributed by atoms with E-state index in [2.05, 4.69) is 266 Å². The van der Waals surface area contributed by atoms with Crippen molar-refractivity contribution in [3.05, 3.63) is 283 Å². The van der Waals surface area contributed by atoms with E-state index in [1.807, 2.05) is 0 Å². The van der Waals surface area contributed by atoms with Crippen LogP contribution in [-0.2, 0) is 5.41 Å². The standard InChI is InChI=1S/C67H43N/c1-3-19-44(20-4-1)49-23-7-8-24-50(49)46-35-37-47(38-36-46)68(48-39-40-55-53-27-10-9-25-51(53)52-26-11-12-28-54(52)60(55)41-48)66-43-65-61(42-59(66)45-21-5-2-6-22-45)58-31-15-18-34-64(58)67(65)62-32-16-13-29-56(62)57-30-14-17-33-63(57)67/h1-43H. The van der Waals surface area contributed by atoms with Crippen LogP contribution in [0, 0.1) is 0 Å². The summed E-state index contributed by atoms with van der Waals surface area (Å²) in [5, 5.41) is 7.55. The van der Waals surface area contributed by atoms with Gasteiger partial charge < -0.3 is 4.90 Å². The number of hydrogen-bond donors (Lipinski definition) is 0. The lowest BCUT2D eigenvalue weighted by Gasteiger charge is -2.33. The van der Waals surface area contributed by atoms with E-state index in [-0.39, 0.29) is 0 Å². The highest BCUT2D eigenvalue weighted by Gasteiger charge is 2.52. The van der Waals surface area contributed by atoms with Crippen molar-refractivity contribution >= 4 is 49.4 Å². The molecule has 0 atom stereocenters. The second-order valence-electron chi connectivity index (χ2n) is 18.3. The van der Waals surface area contributed by atoms with E-state index in [9.17, 15) is 0 Å². The molecule has 0 saturated heterocycles. The largest absolute Gasteiger partial charge is 0.310 e. The Labute approximate surface area is 396 Å². The first-order valence-corrected chi connectivity index (χ1v) is 23.7. The van der Waals surface area contributed by atoms with Gasteiger partial charge in [0.1, 0.15) is 0 Å². The minimum Gasteiger partial charge on any atom is -0.310 e. The minimum absolute atomic E-state index is 0.502. The first-order valence-electron chi connectivity index (χ1n) is 23.7. The van der Waals surface area contributed by atoms with Crippen LogP contribution in [-0.4, -0.2) is 0 Å². The van der Waals surface area contributed by atoms with Crippen LogP contribution in [0.25, 0.3) is 88.0 Å². The van der Waals surface area contributed by atoms with E-state index in [1.165, 1.54) is 110 Å². The number of benzene rings is 12. The summed E-state index contributed by atoms with van der Waals surface area (Å²) in [6.07, 6.45) is 0. The maximum absolute atomic E-state index is 2.55. The van der Waals surface area contributed by atoms with Gasteiger partial charge in [0.15, 0.2) is 0 Å². The van der Waals surface area contributed by atoms with Gasteiger partial charge in [-0.25, -0.2) is 0 Å². The molecule has 1 spiro atoms. The molecule has 2 aliphatic rings. The maximum atomic E-state index is 2.55. The van der Waals surface area contributed by atoms with E-state index in [1.54, 1.807) is 0 Å². The zero-order valence-electron chi connectivity index (χ0n) is 37.3. The van der Waals surface area contributed by atoms with Crippen molar-refractivity contribution in [1.29, 1.82) is 0 Å². The monoisotopic (exact) mass is 861 g/mol. The quantitative estimate of drug-likeness (QED) is 0.151. The fourth-order valence-electron chi connectivity index (χ4n) is 12.0. The van der Waals surface area contributed by atoms with Crippen LogP contribution < -0.4 is 4.90 Å². The summed E-state index contributed by atoms with van der Waals surface area (Å²) >= 11 is 0. The summed E-state index contributed by atoms with van der Waals surface area (Å²) in [7, 11) is 0. The van der Waals surface area contributed by atoms with Gasteiger partial charge >= 0.3 is 0 Å². The van der Waals surface area contributed by atoms with Gasteiger partial charge in [-0.2, -0.15) is 0 Å². The van der Waals surface area contributed by atoms with Crippen LogP contribution in [0.15, 0.2) is 261 Å². The Morgan fingerprint density at radius 3 is 1.13 bits per heavy atom. The molecule has 12 aromatic carbocycles. The molecule has 0 bridgehead atoms. The highest BCUT2D eigenvalue weighted by atomic mass is 15.1. The van der Waals surface area contributed by atoms with Gasteiger partial charge in [-0.15, -0.1) is 0 Å². The van der Waals surface area contributed by atoms with Gasteiger partial charge in [-0.05, 0) is 141 Å². The number of fused-ring (bicyclic) bond motifs is 16. The van der Waals surface area contributed by atoms with Crippen molar-refractivity contribution < 1.29 is 0 Å². The second-order valence-corrected chi connectivity index (χ2v) is 18.3. The molecule has 68 heavy (non-hydrogen) atoms. The molecule has 0 aliphatic heterocycles. The summed E-state index contributed by atoms with van der Waals surface area (Å²) in [4.78, 5) is 2.53. The zero-order chi connectivity index (χ0) is 44.8. The van der Waals surface area contributed by atoms with E-state index in [4.69, 9.17) is 0 Å².